The highest BCUT2D eigenvalue weighted by Crippen LogP contribution is 2.75. The zero-order chi connectivity index (χ0) is 37.8. The van der Waals surface area contributed by atoms with Crippen molar-refractivity contribution in [3.8, 4) is 11.5 Å². The Morgan fingerprint density at radius 1 is 1.04 bits per heavy atom. The van der Waals surface area contributed by atoms with Gasteiger partial charge in [0.2, 0.25) is 0 Å². The molecular weight excluding hydrogens is 769 g/mol. The van der Waals surface area contributed by atoms with Gasteiger partial charge in [-0.3, -0.25) is 0 Å². The van der Waals surface area contributed by atoms with Crippen LogP contribution in [0.2, 0.25) is 5.02 Å². The number of hydrogen-bond acceptors (Lipinski definition) is 8. The number of hydrogen-bond donors (Lipinski definition) is 1. The van der Waals surface area contributed by atoms with Crippen molar-refractivity contribution in [2.24, 2.45) is 5.92 Å². The standard InChI is InChI=1S/C35H34Cl3F4N5O4S/c1-46(2)28-17-33(21-6-5-7-22(12-21)35(40,41)42)31(34(33,37)38)16-27(28)45-26-15-25(39)30(14-24(26)36)52(48,49)47(32-10-11-43-19-44-32)18-20-8-9-23(50-3)13-29(20)51-4/h5-15,19,27-28,31,45H,16-18H2,1-4H3/t27?,28-,31?,33+/m0/s1. The summed E-state index contributed by atoms with van der Waals surface area (Å²) in [6, 6.07) is 12.5. The maximum Gasteiger partial charge on any atom is 0.416 e. The Hall–Kier alpha value is -3.56. The number of benzene rings is 3. The van der Waals surface area contributed by atoms with E-state index in [0.717, 1.165) is 28.6 Å². The van der Waals surface area contributed by atoms with Crippen molar-refractivity contribution in [1.82, 2.24) is 14.9 Å². The number of fused-ring (bicyclic) bond motifs is 1. The summed E-state index contributed by atoms with van der Waals surface area (Å²) in [6.07, 6.45) is -1.44. The summed E-state index contributed by atoms with van der Waals surface area (Å²) >= 11 is 20.4. The number of halogens is 7. The quantitative estimate of drug-likeness (QED) is 0.121. The van der Waals surface area contributed by atoms with Crippen LogP contribution in [0.3, 0.4) is 0 Å². The van der Waals surface area contributed by atoms with Gasteiger partial charge >= 0.3 is 6.18 Å². The molecule has 17 heteroatoms. The van der Waals surface area contributed by atoms with Crippen LogP contribution in [0.25, 0.3) is 0 Å². The molecule has 2 saturated carbocycles. The Kier molecular flexibility index (Phi) is 10.3. The van der Waals surface area contributed by atoms with E-state index in [1.54, 1.807) is 24.3 Å². The second-order valence-corrected chi connectivity index (χ2v) is 16.6. The molecule has 0 amide bonds. The Balaban J connectivity index is 1.31. The van der Waals surface area contributed by atoms with Gasteiger partial charge in [0.15, 0.2) is 0 Å². The fourth-order valence-electron chi connectivity index (χ4n) is 7.24. The molecule has 4 aromatic rings. The molecule has 0 spiro atoms. The van der Waals surface area contributed by atoms with Gasteiger partial charge in [-0.25, -0.2) is 27.1 Å². The Morgan fingerprint density at radius 2 is 1.79 bits per heavy atom. The van der Waals surface area contributed by atoms with E-state index < -0.39 is 54.2 Å². The third-order valence-electron chi connectivity index (χ3n) is 9.96. The highest BCUT2D eigenvalue weighted by molar-refractivity contribution is 7.92. The number of rotatable bonds is 11. The summed E-state index contributed by atoms with van der Waals surface area (Å²) in [7, 11) is 1.88. The third kappa shape index (κ3) is 6.72. The summed E-state index contributed by atoms with van der Waals surface area (Å²) < 4.78 is 95.8. The lowest BCUT2D eigenvalue weighted by atomic mass is 9.77. The maximum absolute atomic E-state index is 16.1. The van der Waals surface area contributed by atoms with Crippen molar-refractivity contribution in [2.45, 2.75) is 52.3 Å². The van der Waals surface area contributed by atoms with Gasteiger partial charge in [0.1, 0.15) is 38.7 Å². The van der Waals surface area contributed by atoms with Crippen LogP contribution < -0.4 is 19.1 Å². The molecule has 278 valence electrons. The molecule has 1 heterocycles. The zero-order valence-electron chi connectivity index (χ0n) is 28.3. The number of methoxy groups -OCH3 is 2. The van der Waals surface area contributed by atoms with E-state index in [4.69, 9.17) is 44.3 Å². The van der Waals surface area contributed by atoms with Crippen LogP contribution in [0.15, 0.2) is 78.1 Å². The van der Waals surface area contributed by atoms with Crippen LogP contribution in [0.5, 0.6) is 11.5 Å². The van der Waals surface area contributed by atoms with E-state index in [-0.39, 0.29) is 35.5 Å². The van der Waals surface area contributed by atoms with E-state index in [1.165, 1.54) is 38.9 Å². The first-order chi connectivity index (χ1) is 24.4. The Labute approximate surface area is 313 Å². The number of nitrogens with one attached hydrogen (secondary N) is 1. The lowest BCUT2D eigenvalue weighted by molar-refractivity contribution is -0.137. The van der Waals surface area contributed by atoms with Crippen LogP contribution >= 0.6 is 34.8 Å². The fourth-order valence-corrected chi connectivity index (χ4v) is 10.1. The number of nitrogens with zero attached hydrogens (tertiary/aromatic N) is 4. The SMILES string of the molecule is COc1ccc(CN(c2ccncn2)S(=O)(=O)c2cc(Cl)c(NC3CC4C(Cl)(Cl)[C@@]4(c4cccc(C(F)(F)F)c4)C[C@@H]3N(C)C)cc2F)c(OC)c1. The second kappa shape index (κ2) is 14.0. The van der Waals surface area contributed by atoms with Crippen LogP contribution in [-0.2, 0) is 28.2 Å². The molecule has 2 fully saturated rings. The molecule has 6 rings (SSSR count). The van der Waals surface area contributed by atoms with Crippen molar-refractivity contribution < 1.29 is 35.5 Å². The number of anilines is 2. The summed E-state index contributed by atoms with van der Waals surface area (Å²) in [5, 5.41) is 3.17. The topological polar surface area (TPSA) is 96.9 Å². The lowest BCUT2D eigenvalue weighted by Crippen LogP contribution is -2.49. The number of sulfonamides is 1. The van der Waals surface area contributed by atoms with E-state index in [1.807, 2.05) is 19.0 Å². The molecule has 4 atom stereocenters. The predicted octanol–water partition coefficient (Wildman–Crippen LogP) is 7.95. The van der Waals surface area contributed by atoms with Gasteiger partial charge in [-0.05, 0) is 62.8 Å². The number of likely N-dealkylation sites (N-methyl/N-ethyl adjacent to an activating group) is 1. The van der Waals surface area contributed by atoms with E-state index in [0.29, 0.717) is 29.0 Å². The summed E-state index contributed by atoms with van der Waals surface area (Å²) in [6.45, 7) is -0.288. The van der Waals surface area contributed by atoms with Crippen molar-refractivity contribution in [3.63, 3.8) is 0 Å². The molecule has 0 saturated heterocycles. The number of aromatic nitrogens is 2. The van der Waals surface area contributed by atoms with Crippen molar-refractivity contribution in [2.75, 3.05) is 37.9 Å². The van der Waals surface area contributed by atoms with Crippen molar-refractivity contribution in [1.29, 1.82) is 0 Å². The van der Waals surface area contributed by atoms with E-state index in [2.05, 4.69) is 15.3 Å². The lowest BCUT2D eigenvalue weighted by Gasteiger charge is -2.40. The van der Waals surface area contributed by atoms with E-state index in [9.17, 15) is 21.6 Å². The molecule has 1 N–H and O–H groups in total. The number of alkyl halides is 5. The van der Waals surface area contributed by atoms with Gasteiger partial charge in [0, 0.05) is 47.3 Å². The van der Waals surface area contributed by atoms with Crippen LogP contribution in [0.4, 0.5) is 29.1 Å². The Bertz CT molecular complexity index is 2080. The van der Waals surface area contributed by atoms with Gasteiger partial charge in [0.05, 0.1) is 37.0 Å². The summed E-state index contributed by atoms with van der Waals surface area (Å²) in [5.74, 6) is -0.738. The normalized spacial score (nSPS) is 22.4. The van der Waals surface area contributed by atoms with Crippen LogP contribution in [0, 0.1) is 11.7 Å². The monoisotopic (exact) mass is 801 g/mol. The smallest absolute Gasteiger partial charge is 0.416 e. The predicted molar refractivity (Wildman–Crippen MR) is 192 cm³/mol. The summed E-state index contributed by atoms with van der Waals surface area (Å²) in [4.78, 5) is 9.18. The first-order valence-electron chi connectivity index (χ1n) is 15.9. The van der Waals surface area contributed by atoms with Crippen molar-refractivity contribution in [3.05, 3.63) is 101 Å². The minimum atomic E-state index is -4.64. The van der Waals surface area contributed by atoms with Gasteiger partial charge in [-0.1, -0.05) is 29.8 Å². The molecule has 1 aromatic heterocycles. The molecule has 3 aromatic carbocycles. The fraction of sp³-hybridized carbons (Fsp3) is 0.371. The highest BCUT2D eigenvalue weighted by atomic mass is 35.5. The maximum atomic E-state index is 16.1. The van der Waals surface area contributed by atoms with Crippen molar-refractivity contribution >= 4 is 56.3 Å². The zero-order valence-corrected chi connectivity index (χ0v) is 31.3. The molecular formula is C35H34Cl3F4N5O4S. The molecule has 0 aliphatic heterocycles. The average molecular weight is 803 g/mol. The molecule has 52 heavy (non-hydrogen) atoms. The minimum Gasteiger partial charge on any atom is -0.497 e. The first-order valence-corrected chi connectivity index (χ1v) is 18.5. The van der Waals surface area contributed by atoms with Crippen LogP contribution in [0.1, 0.15) is 29.5 Å². The van der Waals surface area contributed by atoms with Gasteiger partial charge < -0.3 is 19.7 Å². The van der Waals surface area contributed by atoms with Crippen LogP contribution in [-0.4, -0.2) is 68.0 Å². The minimum absolute atomic E-state index is 0.0269. The molecule has 2 aliphatic rings. The first kappa shape index (κ1) is 38.2. The molecule has 0 radical (unpaired) electrons. The van der Waals surface area contributed by atoms with E-state index >= 15 is 4.39 Å². The Morgan fingerprint density at radius 3 is 2.42 bits per heavy atom. The third-order valence-corrected chi connectivity index (χ3v) is 13.2. The summed E-state index contributed by atoms with van der Waals surface area (Å²) in [5.41, 5.74) is -0.814. The van der Waals surface area contributed by atoms with Gasteiger partial charge in [-0.15, -0.1) is 23.2 Å². The molecule has 2 aliphatic carbocycles. The molecule has 0 bridgehead atoms. The number of ether oxygens (including phenoxy) is 2. The average Bonchev–Trinajstić information content (AvgIpc) is 3.61. The molecule has 9 nitrogen and oxygen atoms in total. The van der Waals surface area contributed by atoms with Gasteiger partial charge in [0.25, 0.3) is 10.0 Å². The second-order valence-electron chi connectivity index (χ2n) is 13.0. The largest absolute Gasteiger partial charge is 0.497 e. The van der Waals surface area contributed by atoms with Gasteiger partial charge in [-0.2, -0.15) is 13.2 Å². The molecule has 2 unspecified atom stereocenters. The highest BCUT2D eigenvalue weighted by Gasteiger charge is 2.78.